The smallest absolute Gasteiger partial charge is 0.174 e. The van der Waals surface area contributed by atoms with Gasteiger partial charge in [0.2, 0.25) is 0 Å². The van der Waals surface area contributed by atoms with Crippen LogP contribution in [0.15, 0.2) is 85.3 Å². The summed E-state index contributed by atoms with van der Waals surface area (Å²) in [5, 5.41) is 4.94. The van der Waals surface area contributed by atoms with Crippen molar-refractivity contribution in [3.63, 3.8) is 0 Å². The average molecular weight is 543 g/mol. The quantitative estimate of drug-likeness (QED) is 0.287. The summed E-state index contributed by atoms with van der Waals surface area (Å²) in [7, 11) is 0. The minimum atomic E-state index is -0.161. The van der Waals surface area contributed by atoms with Crippen molar-refractivity contribution >= 4 is 40.3 Å². The van der Waals surface area contributed by atoms with Crippen molar-refractivity contribution in [2.45, 2.75) is 32.4 Å². The van der Waals surface area contributed by atoms with E-state index in [-0.39, 0.29) is 12.1 Å². The number of nitrogens with one attached hydrogen (secondary N) is 1. The molecule has 0 spiro atoms. The zero-order valence-electron chi connectivity index (χ0n) is 21.5. The number of rotatable bonds is 5. The fraction of sp³-hybridized carbons (Fsp3) is 0.300. The predicted octanol–water partition coefficient (Wildman–Crippen LogP) is 6.58. The number of halogens is 1. The van der Waals surface area contributed by atoms with E-state index in [0.717, 1.165) is 46.7 Å². The molecule has 2 aliphatic rings. The summed E-state index contributed by atoms with van der Waals surface area (Å²) in [6.07, 6.45) is 6.93. The number of piperidine rings is 1. The highest BCUT2D eigenvalue weighted by atomic mass is 35.5. The van der Waals surface area contributed by atoms with Gasteiger partial charge in [0.05, 0.1) is 22.4 Å². The van der Waals surface area contributed by atoms with E-state index in [1.54, 1.807) is 0 Å². The molecule has 2 fully saturated rings. The van der Waals surface area contributed by atoms with Gasteiger partial charge in [-0.3, -0.25) is 4.98 Å². The third-order valence-corrected chi connectivity index (χ3v) is 8.11. The maximum Gasteiger partial charge on any atom is 0.174 e. The molecule has 0 saturated carbocycles. The van der Waals surface area contributed by atoms with Crippen LogP contribution >= 0.6 is 23.8 Å². The SMILES string of the molecule is C[C@@H]1C[C@H](C)CN(c2ccc(N3C(=S)N[C@@H](c4ccccn4)[C@@H]3c3cccn3-c3ccccn3)cc2Cl)C1. The molecule has 2 aliphatic heterocycles. The molecule has 0 aliphatic carbocycles. The second kappa shape index (κ2) is 10.4. The van der Waals surface area contributed by atoms with Crippen LogP contribution in [0.3, 0.4) is 0 Å². The molecular formula is C30H31ClN6S. The number of nitrogens with zero attached hydrogens (tertiary/aromatic N) is 5. The standard InChI is InChI=1S/C30H31ClN6S/c1-20-16-21(2)19-35(18-20)25-12-11-22(17-23(25)31)37-29(28(34-30(37)38)24-8-3-5-13-32-24)26-9-7-15-36(26)27-10-4-6-14-33-27/h3-15,17,20-21,28-29H,16,18-19H2,1-2H3,(H,34,38)/t20-,21+,28-,29-/m0/s1. The normalized spacial score (nSPS) is 23.5. The molecule has 4 atom stereocenters. The molecule has 4 aromatic rings. The maximum absolute atomic E-state index is 6.98. The van der Waals surface area contributed by atoms with Gasteiger partial charge in [0.1, 0.15) is 11.9 Å². The molecule has 0 bridgehead atoms. The molecule has 194 valence electrons. The largest absolute Gasteiger partial charge is 0.370 e. The molecule has 5 heterocycles. The van der Waals surface area contributed by atoms with Gasteiger partial charge in [-0.2, -0.15) is 0 Å². The van der Waals surface area contributed by atoms with Gasteiger partial charge in [-0.1, -0.05) is 37.6 Å². The van der Waals surface area contributed by atoms with Gasteiger partial charge < -0.3 is 19.7 Å². The Hall–Kier alpha value is -3.42. The number of anilines is 2. The molecule has 3 aromatic heterocycles. The molecule has 0 amide bonds. The number of hydrogen-bond donors (Lipinski definition) is 1. The minimum Gasteiger partial charge on any atom is -0.370 e. The van der Waals surface area contributed by atoms with Crippen LogP contribution < -0.4 is 15.1 Å². The second-order valence-electron chi connectivity index (χ2n) is 10.5. The van der Waals surface area contributed by atoms with Crippen LogP contribution in [0.2, 0.25) is 5.02 Å². The van der Waals surface area contributed by atoms with Crippen molar-refractivity contribution in [1.82, 2.24) is 19.9 Å². The van der Waals surface area contributed by atoms with Gasteiger partial charge in [-0.25, -0.2) is 4.98 Å². The van der Waals surface area contributed by atoms with Crippen LogP contribution in [0.4, 0.5) is 11.4 Å². The Kier molecular flexibility index (Phi) is 6.80. The number of pyridine rings is 2. The van der Waals surface area contributed by atoms with Gasteiger partial charge in [0, 0.05) is 43.1 Å². The Morgan fingerprint density at radius 3 is 2.37 bits per heavy atom. The van der Waals surface area contributed by atoms with E-state index < -0.39 is 0 Å². The lowest BCUT2D eigenvalue weighted by molar-refractivity contribution is 0.357. The third-order valence-electron chi connectivity index (χ3n) is 7.50. The van der Waals surface area contributed by atoms with E-state index in [2.05, 4.69) is 67.8 Å². The van der Waals surface area contributed by atoms with Crippen LogP contribution in [0.25, 0.3) is 5.82 Å². The highest BCUT2D eigenvalue weighted by molar-refractivity contribution is 7.80. The lowest BCUT2D eigenvalue weighted by Gasteiger charge is -2.37. The van der Waals surface area contributed by atoms with Gasteiger partial charge in [0.15, 0.2) is 5.11 Å². The number of thiocarbonyl (C=S) groups is 1. The highest BCUT2D eigenvalue weighted by Crippen LogP contribution is 2.44. The molecule has 1 aromatic carbocycles. The summed E-state index contributed by atoms with van der Waals surface area (Å²) < 4.78 is 2.12. The molecule has 1 N–H and O–H groups in total. The molecular weight excluding hydrogens is 512 g/mol. The monoisotopic (exact) mass is 542 g/mol. The van der Waals surface area contributed by atoms with Crippen LogP contribution in [0, 0.1) is 11.8 Å². The third kappa shape index (κ3) is 4.65. The first-order chi connectivity index (χ1) is 18.5. The van der Waals surface area contributed by atoms with Crippen LogP contribution in [0.1, 0.15) is 43.7 Å². The summed E-state index contributed by atoms with van der Waals surface area (Å²) in [5.41, 5.74) is 4.02. The van der Waals surface area contributed by atoms with E-state index in [1.165, 1.54) is 6.42 Å². The lowest BCUT2D eigenvalue weighted by atomic mass is 9.91. The Morgan fingerprint density at radius 1 is 0.921 bits per heavy atom. The maximum atomic E-state index is 6.98. The van der Waals surface area contributed by atoms with E-state index >= 15 is 0 Å². The van der Waals surface area contributed by atoms with E-state index in [1.807, 2.05) is 61.1 Å². The van der Waals surface area contributed by atoms with Crippen molar-refractivity contribution in [1.29, 1.82) is 0 Å². The first kappa shape index (κ1) is 24.9. The minimum absolute atomic E-state index is 0.150. The lowest BCUT2D eigenvalue weighted by Crippen LogP contribution is -2.38. The Bertz CT molecular complexity index is 1420. The molecule has 38 heavy (non-hydrogen) atoms. The number of hydrogen-bond acceptors (Lipinski definition) is 4. The van der Waals surface area contributed by atoms with Crippen molar-refractivity contribution in [3.8, 4) is 5.82 Å². The van der Waals surface area contributed by atoms with E-state index in [9.17, 15) is 0 Å². The summed E-state index contributed by atoms with van der Waals surface area (Å²) in [4.78, 5) is 13.9. The average Bonchev–Trinajstić information content (AvgIpc) is 3.53. The summed E-state index contributed by atoms with van der Waals surface area (Å²) in [6, 6.07) is 22.1. The van der Waals surface area contributed by atoms with Crippen molar-refractivity contribution < 1.29 is 0 Å². The van der Waals surface area contributed by atoms with Crippen LogP contribution in [0.5, 0.6) is 0 Å². The van der Waals surface area contributed by atoms with Crippen molar-refractivity contribution in [2.75, 3.05) is 22.9 Å². The zero-order valence-corrected chi connectivity index (χ0v) is 23.1. The molecule has 6 nitrogen and oxygen atoms in total. The molecule has 0 radical (unpaired) electrons. The van der Waals surface area contributed by atoms with Gasteiger partial charge in [-0.15, -0.1) is 0 Å². The Balaban J connectivity index is 1.42. The van der Waals surface area contributed by atoms with Crippen molar-refractivity contribution in [2.24, 2.45) is 11.8 Å². The van der Waals surface area contributed by atoms with E-state index in [0.29, 0.717) is 16.9 Å². The van der Waals surface area contributed by atoms with E-state index in [4.69, 9.17) is 23.8 Å². The molecule has 8 heteroatoms. The van der Waals surface area contributed by atoms with Gasteiger partial charge in [0.25, 0.3) is 0 Å². The second-order valence-corrected chi connectivity index (χ2v) is 11.3. The zero-order chi connectivity index (χ0) is 26.2. The number of aromatic nitrogens is 3. The number of benzene rings is 1. The Morgan fingerprint density at radius 2 is 1.68 bits per heavy atom. The summed E-state index contributed by atoms with van der Waals surface area (Å²) in [6.45, 7) is 6.68. The highest BCUT2D eigenvalue weighted by Gasteiger charge is 2.42. The van der Waals surface area contributed by atoms with Crippen LogP contribution in [-0.2, 0) is 0 Å². The Labute approximate surface area is 234 Å². The summed E-state index contributed by atoms with van der Waals surface area (Å²) >= 11 is 12.9. The summed E-state index contributed by atoms with van der Waals surface area (Å²) in [5.74, 6) is 2.15. The predicted molar refractivity (Wildman–Crippen MR) is 158 cm³/mol. The van der Waals surface area contributed by atoms with Gasteiger partial charge in [-0.05, 0) is 85.1 Å². The topological polar surface area (TPSA) is 49.2 Å². The molecule has 0 unspecified atom stereocenters. The first-order valence-electron chi connectivity index (χ1n) is 13.1. The van der Waals surface area contributed by atoms with Crippen molar-refractivity contribution in [3.05, 3.63) is 102 Å². The van der Waals surface area contributed by atoms with Crippen LogP contribution in [-0.4, -0.2) is 32.7 Å². The van der Waals surface area contributed by atoms with Gasteiger partial charge >= 0.3 is 0 Å². The molecule has 6 rings (SSSR count). The first-order valence-corrected chi connectivity index (χ1v) is 13.9. The fourth-order valence-corrected chi connectivity index (χ4v) is 6.68. The molecule has 2 saturated heterocycles. The fourth-order valence-electron chi connectivity index (χ4n) is 6.04.